The standard InChI is InChI=1S/C14H28N2O3/c1-6-11(10(4)5)16-13(19)15-9-14(7-2,8-3)12(17)18/h10-11H,6-9H2,1-5H3,(H,17,18)(H2,15,16,19). The number of urea groups is 1. The van der Waals surface area contributed by atoms with Gasteiger partial charge in [-0.2, -0.15) is 0 Å². The van der Waals surface area contributed by atoms with Crippen molar-refractivity contribution in [2.24, 2.45) is 11.3 Å². The molecule has 112 valence electrons. The summed E-state index contributed by atoms with van der Waals surface area (Å²) >= 11 is 0. The molecule has 19 heavy (non-hydrogen) atoms. The van der Waals surface area contributed by atoms with Crippen LogP contribution in [0.5, 0.6) is 0 Å². The molecule has 0 aliphatic carbocycles. The van der Waals surface area contributed by atoms with Crippen LogP contribution in [-0.4, -0.2) is 29.7 Å². The van der Waals surface area contributed by atoms with Crippen molar-refractivity contribution in [1.29, 1.82) is 0 Å². The van der Waals surface area contributed by atoms with Gasteiger partial charge in [-0.15, -0.1) is 0 Å². The number of amides is 2. The van der Waals surface area contributed by atoms with Crippen LogP contribution in [0.25, 0.3) is 0 Å². The lowest BCUT2D eigenvalue weighted by molar-refractivity contribution is -0.149. The van der Waals surface area contributed by atoms with Crippen LogP contribution in [-0.2, 0) is 4.79 Å². The molecule has 0 bridgehead atoms. The number of carbonyl (C=O) groups is 2. The summed E-state index contributed by atoms with van der Waals surface area (Å²) in [5.41, 5.74) is -0.864. The van der Waals surface area contributed by atoms with E-state index >= 15 is 0 Å². The monoisotopic (exact) mass is 272 g/mol. The highest BCUT2D eigenvalue weighted by Gasteiger charge is 2.35. The van der Waals surface area contributed by atoms with Crippen molar-refractivity contribution in [2.75, 3.05) is 6.54 Å². The number of carbonyl (C=O) groups excluding carboxylic acids is 1. The van der Waals surface area contributed by atoms with Crippen LogP contribution in [0.2, 0.25) is 0 Å². The first kappa shape index (κ1) is 17.7. The summed E-state index contributed by atoms with van der Waals surface area (Å²) in [7, 11) is 0. The second-order valence-electron chi connectivity index (χ2n) is 5.38. The number of carboxylic acids is 1. The summed E-state index contributed by atoms with van der Waals surface area (Å²) in [5, 5.41) is 14.9. The number of carboxylic acid groups (broad SMARTS) is 1. The van der Waals surface area contributed by atoms with Crippen molar-refractivity contribution in [3.63, 3.8) is 0 Å². The molecule has 0 saturated heterocycles. The summed E-state index contributed by atoms with van der Waals surface area (Å²) in [6.45, 7) is 9.95. The third kappa shape index (κ3) is 5.09. The van der Waals surface area contributed by atoms with Crippen molar-refractivity contribution >= 4 is 12.0 Å². The Balaban J connectivity index is 4.46. The summed E-state index contributed by atoms with van der Waals surface area (Å²) in [4.78, 5) is 23.1. The van der Waals surface area contributed by atoms with Crippen LogP contribution in [0.3, 0.4) is 0 Å². The summed E-state index contributed by atoms with van der Waals surface area (Å²) in [6.07, 6.45) is 1.86. The smallest absolute Gasteiger partial charge is 0.315 e. The van der Waals surface area contributed by atoms with Gasteiger partial charge in [0.2, 0.25) is 0 Å². The van der Waals surface area contributed by atoms with Gasteiger partial charge < -0.3 is 15.7 Å². The molecule has 0 fully saturated rings. The minimum Gasteiger partial charge on any atom is -0.481 e. The molecular formula is C14H28N2O3. The van der Waals surface area contributed by atoms with Gasteiger partial charge in [-0.1, -0.05) is 34.6 Å². The van der Waals surface area contributed by atoms with Crippen LogP contribution in [0, 0.1) is 11.3 Å². The van der Waals surface area contributed by atoms with E-state index in [9.17, 15) is 14.7 Å². The normalized spacial score (nSPS) is 13.2. The lowest BCUT2D eigenvalue weighted by atomic mass is 9.82. The lowest BCUT2D eigenvalue weighted by Gasteiger charge is -2.28. The number of rotatable bonds is 8. The fourth-order valence-corrected chi connectivity index (χ4v) is 2.09. The molecule has 0 radical (unpaired) electrons. The zero-order valence-corrected chi connectivity index (χ0v) is 12.7. The molecule has 0 spiro atoms. The van der Waals surface area contributed by atoms with Crippen molar-refractivity contribution in [2.45, 2.75) is 59.9 Å². The predicted octanol–water partition coefficient (Wildman–Crippen LogP) is 2.61. The molecule has 1 unspecified atom stereocenters. The Hall–Kier alpha value is -1.26. The van der Waals surface area contributed by atoms with Crippen molar-refractivity contribution < 1.29 is 14.7 Å². The third-order valence-corrected chi connectivity index (χ3v) is 3.96. The second kappa shape index (κ2) is 8.02. The lowest BCUT2D eigenvalue weighted by Crippen LogP contribution is -2.49. The van der Waals surface area contributed by atoms with Crippen LogP contribution in [0.1, 0.15) is 53.9 Å². The summed E-state index contributed by atoms with van der Waals surface area (Å²) in [5.74, 6) is -0.494. The van der Waals surface area contributed by atoms with E-state index in [0.29, 0.717) is 18.8 Å². The molecule has 2 amide bonds. The van der Waals surface area contributed by atoms with Crippen molar-refractivity contribution in [1.82, 2.24) is 10.6 Å². The van der Waals surface area contributed by atoms with Gasteiger partial charge in [0.15, 0.2) is 0 Å². The largest absolute Gasteiger partial charge is 0.481 e. The number of hydrogen-bond acceptors (Lipinski definition) is 2. The molecule has 0 aliphatic rings. The highest BCUT2D eigenvalue weighted by atomic mass is 16.4. The molecule has 3 N–H and O–H groups in total. The molecule has 0 heterocycles. The van der Waals surface area contributed by atoms with Crippen LogP contribution < -0.4 is 10.6 Å². The Bertz CT molecular complexity index is 299. The fourth-order valence-electron chi connectivity index (χ4n) is 2.09. The average molecular weight is 272 g/mol. The SMILES string of the molecule is CCC(NC(=O)NCC(CC)(CC)C(=O)O)C(C)C. The average Bonchev–Trinajstić information content (AvgIpc) is 2.37. The van der Waals surface area contributed by atoms with Gasteiger partial charge in [0.1, 0.15) is 0 Å². The van der Waals surface area contributed by atoms with Gasteiger partial charge in [0.25, 0.3) is 0 Å². The van der Waals surface area contributed by atoms with E-state index in [2.05, 4.69) is 10.6 Å². The van der Waals surface area contributed by atoms with Gasteiger partial charge in [-0.3, -0.25) is 4.79 Å². The molecule has 0 aromatic carbocycles. The van der Waals surface area contributed by atoms with Crippen LogP contribution >= 0.6 is 0 Å². The minimum absolute atomic E-state index is 0.113. The zero-order valence-electron chi connectivity index (χ0n) is 12.7. The first-order valence-electron chi connectivity index (χ1n) is 7.10. The third-order valence-electron chi connectivity index (χ3n) is 3.96. The number of aliphatic carboxylic acids is 1. The number of nitrogens with one attached hydrogen (secondary N) is 2. The van der Waals surface area contributed by atoms with E-state index in [-0.39, 0.29) is 18.6 Å². The highest BCUT2D eigenvalue weighted by molar-refractivity contribution is 5.78. The van der Waals surface area contributed by atoms with Gasteiger partial charge >= 0.3 is 12.0 Å². The molecule has 0 rings (SSSR count). The van der Waals surface area contributed by atoms with E-state index in [1.165, 1.54) is 0 Å². The maximum absolute atomic E-state index is 11.8. The Morgan fingerprint density at radius 2 is 1.68 bits per heavy atom. The van der Waals surface area contributed by atoms with Crippen LogP contribution in [0.15, 0.2) is 0 Å². The molecule has 5 nitrogen and oxygen atoms in total. The van der Waals surface area contributed by atoms with Crippen molar-refractivity contribution in [3.05, 3.63) is 0 Å². The predicted molar refractivity (Wildman–Crippen MR) is 76.1 cm³/mol. The Morgan fingerprint density at radius 1 is 1.16 bits per heavy atom. The zero-order chi connectivity index (χ0) is 15.1. The van der Waals surface area contributed by atoms with Gasteiger partial charge in [-0.25, -0.2) is 4.79 Å². The highest BCUT2D eigenvalue weighted by Crippen LogP contribution is 2.25. The van der Waals surface area contributed by atoms with Crippen molar-refractivity contribution in [3.8, 4) is 0 Å². The first-order valence-corrected chi connectivity index (χ1v) is 7.10. The van der Waals surface area contributed by atoms with E-state index in [4.69, 9.17) is 0 Å². The molecular weight excluding hydrogens is 244 g/mol. The Labute approximate surface area is 116 Å². The summed E-state index contributed by atoms with van der Waals surface area (Å²) in [6, 6.07) is -0.171. The summed E-state index contributed by atoms with van der Waals surface area (Å²) < 4.78 is 0. The Morgan fingerprint density at radius 3 is 2.00 bits per heavy atom. The minimum atomic E-state index is -0.864. The van der Waals surface area contributed by atoms with Crippen LogP contribution in [0.4, 0.5) is 4.79 Å². The topological polar surface area (TPSA) is 78.4 Å². The first-order chi connectivity index (χ1) is 8.82. The molecule has 0 aromatic heterocycles. The quantitative estimate of drug-likeness (QED) is 0.635. The molecule has 0 saturated carbocycles. The maximum atomic E-state index is 11.8. The van der Waals surface area contributed by atoms with Gasteiger partial charge in [-0.05, 0) is 25.2 Å². The van der Waals surface area contributed by atoms with E-state index < -0.39 is 11.4 Å². The molecule has 0 aromatic rings. The van der Waals surface area contributed by atoms with E-state index in [1.54, 1.807) is 0 Å². The van der Waals surface area contributed by atoms with Gasteiger partial charge in [0.05, 0.1) is 5.41 Å². The molecule has 0 aliphatic heterocycles. The van der Waals surface area contributed by atoms with E-state index in [0.717, 1.165) is 6.42 Å². The molecule has 5 heteroatoms. The van der Waals surface area contributed by atoms with E-state index in [1.807, 2.05) is 34.6 Å². The van der Waals surface area contributed by atoms with Gasteiger partial charge in [0, 0.05) is 12.6 Å². The fraction of sp³-hybridized carbons (Fsp3) is 0.857. The molecule has 1 atom stereocenters. The Kier molecular flexibility index (Phi) is 7.49. The maximum Gasteiger partial charge on any atom is 0.315 e. The number of hydrogen-bond donors (Lipinski definition) is 3. The second-order valence-corrected chi connectivity index (χ2v) is 5.38.